The van der Waals surface area contributed by atoms with Crippen molar-refractivity contribution in [3.63, 3.8) is 0 Å². The van der Waals surface area contributed by atoms with Gasteiger partial charge in [0.25, 0.3) is 0 Å². The second-order valence-electron chi connectivity index (χ2n) is 3.30. The molecule has 0 aliphatic carbocycles. The number of carboxylic acids is 1. The zero-order chi connectivity index (χ0) is 11.2. The number of rotatable bonds is 6. The molecule has 0 heterocycles. The molecule has 0 fully saturated rings. The summed E-state index contributed by atoms with van der Waals surface area (Å²) in [4.78, 5) is 14.6. The highest BCUT2D eigenvalue weighted by Gasteiger charge is 2.27. The van der Waals surface area contributed by atoms with Crippen LogP contribution in [0.2, 0.25) is 0 Å². The number of carbonyl (C=O) groups is 1. The third kappa shape index (κ3) is 5.82. The van der Waals surface area contributed by atoms with E-state index < -0.39 is 11.5 Å². The molecule has 0 rings (SSSR count). The Hall–Kier alpha value is -0.750. The first-order valence-corrected chi connectivity index (χ1v) is 5.38. The Bertz CT molecular complexity index is 225. The summed E-state index contributed by atoms with van der Waals surface area (Å²) in [6.45, 7) is 3.82. The largest absolute Gasteiger partial charge is 0.480 e. The summed E-state index contributed by atoms with van der Waals surface area (Å²) in [5.74, 6) is 0.665. The fourth-order valence-corrected chi connectivity index (χ4v) is 1.54. The average molecular weight is 219 g/mol. The third-order valence-corrected chi connectivity index (χ3v) is 2.76. The van der Waals surface area contributed by atoms with E-state index in [1.807, 2.05) is 0 Å². The van der Waals surface area contributed by atoms with Crippen molar-refractivity contribution in [3.05, 3.63) is 0 Å². The fourth-order valence-electron chi connectivity index (χ4n) is 0.632. The van der Waals surface area contributed by atoms with E-state index in [2.05, 4.69) is 4.99 Å². The van der Waals surface area contributed by atoms with Gasteiger partial charge in [0.15, 0.2) is 0 Å². The second kappa shape index (κ2) is 5.87. The lowest BCUT2D eigenvalue weighted by Gasteiger charge is -2.17. The first-order chi connectivity index (χ1) is 6.36. The zero-order valence-electron chi connectivity index (χ0n) is 8.49. The molecule has 0 bridgehead atoms. The Kier molecular flexibility index (Phi) is 5.56. The van der Waals surface area contributed by atoms with E-state index in [1.165, 1.54) is 18.7 Å². The zero-order valence-corrected chi connectivity index (χ0v) is 9.30. The normalized spacial score (nSPS) is 16.4. The maximum Gasteiger partial charge on any atom is 0.324 e. The number of hydrogen-bond donors (Lipinski definition) is 3. The molecular weight excluding hydrogens is 202 g/mol. The van der Waals surface area contributed by atoms with Gasteiger partial charge in [-0.15, -0.1) is 0 Å². The topological polar surface area (TPSA) is 102 Å². The average Bonchev–Trinajstić information content (AvgIpc) is 2.02. The van der Waals surface area contributed by atoms with Crippen molar-refractivity contribution in [1.82, 2.24) is 0 Å². The number of thioether (sulfide) groups is 1. The van der Waals surface area contributed by atoms with Crippen LogP contribution >= 0.6 is 11.8 Å². The van der Waals surface area contributed by atoms with Gasteiger partial charge >= 0.3 is 5.97 Å². The number of hydrogen-bond acceptors (Lipinski definition) is 4. The Morgan fingerprint density at radius 2 is 2.21 bits per heavy atom. The van der Waals surface area contributed by atoms with E-state index in [-0.39, 0.29) is 0 Å². The van der Waals surface area contributed by atoms with Crippen LogP contribution in [0.5, 0.6) is 0 Å². The first kappa shape index (κ1) is 13.2. The molecule has 14 heavy (non-hydrogen) atoms. The minimum Gasteiger partial charge on any atom is -0.480 e. The van der Waals surface area contributed by atoms with E-state index in [0.717, 1.165) is 5.75 Å². The summed E-state index contributed by atoms with van der Waals surface area (Å²) in [5.41, 5.74) is 9.69. The van der Waals surface area contributed by atoms with E-state index in [4.69, 9.17) is 16.6 Å². The maximum atomic E-state index is 10.6. The molecule has 0 aromatic carbocycles. The lowest BCUT2D eigenvalue weighted by Crippen LogP contribution is -2.47. The molecule has 0 radical (unpaired) electrons. The molecule has 0 aromatic rings. The molecule has 5 N–H and O–H groups in total. The SMILES string of the molecule is CC(N)=NCCSCC(C)(N)C(=O)O. The van der Waals surface area contributed by atoms with E-state index >= 15 is 0 Å². The monoisotopic (exact) mass is 219 g/mol. The van der Waals surface area contributed by atoms with Gasteiger partial charge in [0.05, 0.1) is 5.84 Å². The third-order valence-electron chi connectivity index (χ3n) is 1.49. The molecule has 0 amide bonds. The van der Waals surface area contributed by atoms with Crippen LogP contribution in [0, 0.1) is 0 Å². The number of amidine groups is 1. The molecular formula is C8H17N3O2S. The van der Waals surface area contributed by atoms with Gasteiger partial charge in [0.2, 0.25) is 0 Å². The number of nitrogens with zero attached hydrogens (tertiary/aromatic N) is 1. The quantitative estimate of drug-likeness (QED) is 0.329. The molecule has 0 spiro atoms. The molecule has 0 aliphatic heterocycles. The van der Waals surface area contributed by atoms with Crippen LogP contribution in [0.25, 0.3) is 0 Å². The van der Waals surface area contributed by atoms with Crippen molar-refractivity contribution in [2.75, 3.05) is 18.1 Å². The van der Waals surface area contributed by atoms with Crippen LogP contribution in [0.1, 0.15) is 13.8 Å². The van der Waals surface area contributed by atoms with E-state index in [1.54, 1.807) is 6.92 Å². The van der Waals surface area contributed by atoms with Gasteiger partial charge in [0.1, 0.15) is 5.54 Å². The van der Waals surface area contributed by atoms with Crippen LogP contribution in [0.3, 0.4) is 0 Å². The van der Waals surface area contributed by atoms with Crippen molar-refractivity contribution in [1.29, 1.82) is 0 Å². The van der Waals surface area contributed by atoms with Gasteiger partial charge in [-0.3, -0.25) is 9.79 Å². The van der Waals surface area contributed by atoms with Crippen molar-refractivity contribution >= 4 is 23.6 Å². The van der Waals surface area contributed by atoms with Crippen LogP contribution < -0.4 is 11.5 Å². The van der Waals surface area contributed by atoms with Gasteiger partial charge in [0, 0.05) is 18.1 Å². The van der Waals surface area contributed by atoms with Gasteiger partial charge in [-0.25, -0.2) is 0 Å². The Morgan fingerprint density at radius 3 is 2.64 bits per heavy atom. The molecule has 82 valence electrons. The molecule has 5 nitrogen and oxygen atoms in total. The maximum absolute atomic E-state index is 10.6. The Balaban J connectivity index is 3.65. The second-order valence-corrected chi connectivity index (χ2v) is 4.40. The molecule has 0 aliphatic rings. The molecule has 0 aromatic heterocycles. The van der Waals surface area contributed by atoms with Crippen LogP contribution in [-0.4, -0.2) is 40.5 Å². The molecule has 0 saturated heterocycles. The predicted octanol–water partition coefficient (Wildman–Crippen LogP) is -0.101. The predicted molar refractivity (Wildman–Crippen MR) is 59.7 cm³/mol. The summed E-state index contributed by atoms with van der Waals surface area (Å²) in [6, 6.07) is 0. The van der Waals surface area contributed by atoms with Gasteiger partial charge in [-0.1, -0.05) is 0 Å². The van der Waals surface area contributed by atoms with E-state index in [0.29, 0.717) is 18.1 Å². The minimum atomic E-state index is -1.16. The number of aliphatic imine (C=N–C) groups is 1. The Morgan fingerprint density at radius 1 is 1.64 bits per heavy atom. The fraction of sp³-hybridized carbons (Fsp3) is 0.750. The highest BCUT2D eigenvalue weighted by molar-refractivity contribution is 7.99. The van der Waals surface area contributed by atoms with Crippen LogP contribution in [-0.2, 0) is 4.79 Å². The van der Waals surface area contributed by atoms with Crippen LogP contribution in [0.4, 0.5) is 0 Å². The summed E-state index contributed by atoms with van der Waals surface area (Å²) in [7, 11) is 0. The summed E-state index contributed by atoms with van der Waals surface area (Å²) < 4.78 is 0. The van der Waals surface area contributed by atoms with Gasteiger partial charge < -0.3 is 16.6 Å². The lowest BCUT2D eigenvalue weighted by atomic mass is 10.1. The minimum absolute atomic E-state index is 0.376. The van der Waals surface area contributed by atoms with E-state index in [9.17, 15) is 4.79 Å². The molecule has 1 unspecified atom stereocenters. The van der Waals surface area contributed by atoms with Crippen molar-refractivity contribution < 1.29 is 9.90 Å². The van der Waals surface area contributed by atoms with Crippen LogP contribution in [0.15, 0.2) is 4.99 Å². The molecule has 0 saturated carbocycles. The molecule has 6 heteroatoms. The standard InChI is InChI=1S/C8H17N3O2S/c1-6(9)11-3-4-14-5-8(2,10)7(12)13/h3-5,10H2,1-2H3,(H2,9,11)(H,12,13). The Labute approximate surface area is 87.9 Å². The summed E-state index contributed by atoms with van der Waals surface area (Å²) >= 11 is 1.46. The highest BCUT2D eigenvalue weighted by atomic mass is 32.2. The van der Waals surface area contributed by atoms with Crippen molar-refractivity contribution in [2.45, 2.75) is 19.4 Å². The number of nitrogens with two attached hydrogens (primary N) is 2. The number of carboxylic acid groups (broad SMARTS) is 1. The summed E-state index contributed by atoms with van der Waals surface area (Å²) in [6.07, 6.45) is 0. The first-order valence-electron chi connectivity index (χ1n) is 4.23. The highest BCUT2D eigenvalue weighted by Crippen LogP contribution is 2.10. The smallest absolute Gasteiger partial charge is 0.324 e. The van der Waals surface area contributed by atoms with Crippen molar-refractivity contribution in [3.8, 4) is 0 Å². The van der Waals surface area contributed by atoms with Crippen molar-refractivity contribution in [2.24, 2.45) is 16.5 Å². The summed E-state index contributed by atoms with van der Waals surface area (Å²) in [5, 5.41) is 8.70. The molecule has 1 atom stereocenters. The van der Waals surface area contributed by atoms with Gasteiger partial charge in [-0.2, -0.15) is 11.8 Å². The van der Waals surface area contributed by atoms with Gasteiger partial charge in [-0.05, 0) is 13.8 Å². The lowest BCUT2D eigenvalue weighted by molar-refractivity contribution is -0.141. The number of aliphatic carboxylic acids is 1.